The quantitative estimate of drug-likeness (QED) is 0.683. The van der Waals surface area contributed by atoms with Gasteiger partial charge in [0.25, 0.3) is 0 Å². The number of benzene rings is 2. The van der Waals surface area contributed by atoms with Crippen LogP contribution < -0.4 is 14.4 Å². The van der Waals surface area contributed by atoms with Crippen LogP contribution in [0.25, 0.3) is 10.9 Å². The van der Waals surface area contributed by atoms with Crippen molar-refractivity contribution < 1.29 is 14.6 Å². The number of β-amino-alcohol motifs (C(OH)–C–C–N with tert-alkyl or cyclic N) is 1. The molecule has 154 valence electrons. The summed E-state index contributed by atoms with van der Waals surface area (Å²) in [5.41, 5.74) is 2.03. The van der Waals surface area contributed by atoms with Crippen LogP contribution in [0, 0.1) is 0 Å². The number of nitrogens with zero attached hydrogens (tertiary/aromatic N) is 3. The van der Waals surface area contributed by atoms with E-state index in [2.05, 4.69) is 27.0 Å². The Kier molecular flexibility index (Phi) is 6.77. The van der Waals surface area contributed by atoms with Crippen molar-refractivity contribution in [3.63, 3.8) is 0 Å². The number of rotatable bonds is 5. The van der Waals surface area contributed by atoms with Crippen molar-refractivity contribution in [2.75, 3.05) is 31.7 Å². The summed E-state index contributed by atoms with van der Waals surface area (Å²) in [4.78, 5) is 11.1. The van der Waals surface area contributed by atoms with Crippen molar-refractivity contribution in [2.45, 2.75) is 25.4 Å². The summed E-state index contributed by atoms with van der Waals surface area (Å²) in [6.07, 6.45) is 1.91. The Morgan fingerprint density at radius 3 is 2.62 bits per heavy atom. The van der Waals surface area contributed by atoms with Gasteiger partial charge in [0.05, 0.1) is 25.3 Å². The number of halogens is 1. The second kappa shape index (κ2) is 9.29. The first-order valence-electron chi connectivity index (χ1n) is 9.63. The third kappa shape index (κ3) is 4.38. The number of ether oxygens (including phenoxy) is 2. The van der Waals surface area contributed by atoms with Crippen molar-refractivity contribution in [1.82, 2.24) is 9.97 Å². The van der Waals surface area contributed by atoms with Gasteiger partial charge in [-0.3, -0.25) is 0 Å². The second-order valence-corrected chi connectivity index (χ2v) is 7.05. The molecule has 2 atom stereocenters. The molecule has 0 amide bonds. The van der Waals surface area contributed by atoms with Crippen LogP contribution >= 0.6 is 12.4 Å². The lowest BCUT2D eigenvalue weighted by atomic mass is 9.89. The molecule has 7 heteroatoms. The largest absolute Gasteiger partial charge is 0.493 e. The maximum Gasteiger partial charge on any atom is 0.163 e. The van der Waals surface area contributed by atoms with Gasteiger partial charge >= 0.3 is 0 Å². The lowest BCUT2D eigenvalue weighted by molar-refractivity contribution is 0.144. The van der Waals surface area contributed by atoms with Crippen LogP contribution in [0.5, 0.6) is 11.5 Å². The molecular formula is C22H26ClN3O3. The van der Waals surface area contributed by atoms with E-state index in [1.165, 1.54) is 5.56 Å². The van der Waals surface area contributed by atoms with E-state index < -0.39 is 6.10 Å². The molecule has 1 aliphatic rings. The first kappa shape index (κ1) is 21.1. The van der Waals surface area contributed by atoms with Gasteiger partial charge in [-0.1, -0.05) is 30.3 Å². The smallest absolute Gasteiger partial charge is 0.163 e. The predicted molar refractivity (Wildman–Crippen MR) is 117 cm³/mol. The summed E-state index contributed by atoms with van der Waals surface area (Å²) < 4.78 is 11.2. The fourth-order valence-corrected chi connectivity index (χ4v) is 3.94. The molecule has 0 radical (unpaired) electrons. The minimum Gasteiger partial charge on any atom is -0.493 e. The van der Waals surface area contributed by atoms with Gasteiger partial charge in [-0.15, -0.1) is 12.4 Å². The van der Waals surface area contributed by atoms with E-state index in [9.17, 15) is 5.11 Å². The van der Waals surface area contributed by atoms with Gasteiger partial charge < -0.3 is 19.5 Å². The molecule has 6 nitrogen and oxygen atoms in total. The predicted octanol–water partition coefficient (Wildman–Crippen LogP) is 3.81. The maximum atomic E-state index is 10.5. The fraction of sp³-hybridized carbons (Fsp3) is 0.364. The van der Waals surface area contributed by atoms with Crippen LogP contribution in [0.15, 0.2) is 48.8 Å². The first-order chi connectivity index (χ1) is 13.7. The van der Waals surface area contributed by atoms with Gasteiger partial charge in [0.15, 0.2) is 11.5 Å². The number of hydrogen-bond donors (Lipinski definition) is 1. The average molecular weight is 416 g/mol. The van der Waals surface area contributed by atoms with Crippen LogP contribution in [0.2, 0.25) is 0 Å². The third-order valence-electron chi connectivity index (χ3n) is 5.20. The summed E-state index contributed by atoms with van der Waals surface area (Å²) in [6.45, 7) is 3.83. The van der Waals surface area contributed by atoms with E-state index >= 15 is 0 Å². The zero-order valence-corrected chi connectivity index (χ0v) is 17.4. The van der Waals surface area contributed by atoms with Crippen molar-refractivity contribution in [2.24, 2.45) is 0 Å². The molecular weight excluding hydrogens is 390 g/mol. The molecule has 0 bridgehead atoms. The zero-order valence-electron chi connectivity index (χ0n) is 16.6. The Labute approximate surface area is 176 Å². The molecule has 29 heavy (non-hydrogen) atoms. The van der Waals surface area contributed by atoms with Gasteiger partial charge in [-0.2, -0.15) is 0 Å². The maximum absolute atomic E-state index is 10.5. The number of hydrogen-bond acceptors (Lipinski definition) is 6. The van der Waals surface area contributed by atoms with Gasteiger partial charge in [-0.05, 0) is 25.0 Å². The molecule has 0 aliphatic carbocycles. The van der Waals surface area contributed by atoms with Gasteiger partial charge in [0.1, 0.15) is 12.1 Å². The third-order valence-corrected chi connectivity index (χ3v) is 5.20. The molecule has 0 saturated carbocycles. The summed E-state index contributed by atoms with van der Waals surface area (Å²) >= 11 is 0. The summed E-state index contributed by atoms with van der Waals surface area (Å²) in [7, 11) is 1.63. The van der Waals surface area contributed by atoms with E-state index in [-0.39, 0.29) is 18.3 Å². The Morgan fingerprint density at radius 2 is 1.90 bits per heavy atom. The van der Waals surface area contributed by atoms with Crippen LogP contribution in [-0.4, -0.2) is 48.0 Å². The molecule has 1 fully saturated rings. The Bertz CT molecular complexity index is 955. The van der Waals surface area contributed by atoms with Crippen LogP contribution in [0.1, 0.15) is 24.8 Å². The Morgan fingerprint density at radius 1 is 1.10 bits per heavy atom. The SMILES string of the molecule is CCOc1cc2ncnc(N3CC(O)CC(c4ccccc4)C3)c2cc1OC.Cl. The minimum atomic E-state index is -0.409. The molecule has 0 spiro atoms. The Balaban J connectivity index is 0.00000240. The average Bonchev–Trinajstić information content (AvgIpc) is 2.73. The number of aliphatic hydroxyl groups is 1. The fourth-order valence-electron chi connectivity index (χ4n) is 3.94. The van der Waals surface area contributed by atoms with Crippen LogP contribution in [0.4, 0.5) is 5.82 Å². The molecule has 1 saturated heterocycles. The van der Waals surface area contributed by atoms with Crippen LogP contribution in [-0.2, 0) is 0 Å². The van der Waals surface area contributed by atoms with Crippen molar-refractivity contribution in [3.8, 4) is 11.5 Å². The lowest BCUT2D eigenvalue weighted by Crippen LogP contribution is -2.42. The summed E-state index contributed by atoms with van der Waals surface area (Å²) in [5.74, 6) is 2.39. The standard InChI is InChI=1S/C22H25N3O3.ClH/c1-3-28-21-11-19-18(10-20(21)27-2)22(24-14-23-19)25-12-16(9-17(26)13-25)15-7-5-4-6-8-15;/h4-8,10-11,14,16-17,26H,3,9,12-13H2,1-2H3;1H. The van der Waals surface area contributed by atoms with Gasteiger partial charge in [-0.25, -0.2) is 9.97 Å². The molecule has 3 aromatic rings. The second-order valence-electron chi connectivity index (χ2n) is 7.05. The van der Waals surface area contributed by atoms with Crippen LogP contribution in [0.3, 0.4) is 0 Å². The highest BCUT2D eigenvalue weighted by molar-refractivity contribution is 5.92. The van der Waals surface area contributed by atoms with Gasteiger partial charge in [0, 0.05) is 30.5 Å². The van der Waals surface area contributed by atoms with E-state index in [4.69, 9.17) is 9.47 Å². The van der Waals surface area contributed by atoms with Crippen molar-refractivity contribution in [1.29, 1.82) is 0 Å². The molecule has 1 aromatic heterocycles. The van der Waals surface area contributed by atoms with E-state index in [0.29, 0.717) is 24.7 Å². The molecule has 2 unspecified atom stereocenters. The number of piperidine rings is 1. The topological polar surface area (TPSA) is 67.7 Å². The monoisotopic (exact) mass is 415 g/mol. The molecule has 2 aromatic carbocycles. The normalized spacial score (nSPS) is 18.9. The number of aromatic nitrogens is 2. The number of aliphatic hydroxyl groups excluding tert-OH is 1. The molecule has 4 rings (SSSR count). The zero-order chi connectivity index (χ0) is 19.5. The number of methoxy groups -OCH3 is 1. The summed E-state index contributed by atoms with van der Waals surface area (Å²) in [5, 5.41) is 11.4. The van der Waals surface area contributed by atoms with Gasteiger partial charge in [0.2, 0.25) is 0 Å². The lowest BCUT2D eigenvalue weighted by Gasteiger charge is -2.37. The summed E-state index contributed by atoms with van der Waals surface area (Å²) in [6, 6.07) is 14.2. The molecule has 1 N–H and O–H groups in total. The Hall–Kier alpha value is -2.57. The number of anilines is 1. The molecule has 2 heterocycles. The molecule has 1 aliphatic heterocycles. The first-order valence-corrected chi connectivity index (χ1v) is 9.63. The van der Waals surface area contributed by atoms with Crippen molar-refractivity contribution in [3.05, 3.63) is 54.4 Å². The van der Waals surface area contributed by atoms with E-state index in [1.54, 1.807) is 13.4 Å². The number of fused-ring (bicyclic) bond motifs is 1. The van der Waals surface area contributed by atoms with E-state index in [1.807, 2.05) is 37.3 Å². The van der Waals surface area contributed by atoms with Crippen molar-refractivity contribution >= 4 is 29.1 Å². The highest BCUT2D eigenvalue weighted by Gasteiger charge is 2.29. The highest BCUT2D eigenvalue weighted by atomic mass is 35.5. The highest BCUT2D eigenvalue weighted by Crippen LogP contribution is 2.37. The van der Waals surface area contributed by atoms with E-state index in [0.717, 1.165) is 29.7 Å². The minimum absolute atomic E-state index is 0.